The average molecular weight is 395 g/mol. The van der Waals surface area contributed by atoms with Crippen LogP contribution in [0.25, 0.3) is 0 Å². The molecule has 0 unspecified atom stereocenters. The number of rotatable bonds is 5. The van der Waals surface area contributed by atoms with Gasteiger partial charge in [0.15, 0.2) is 0 Å². The highest BCUT2D eigenvalue weighted by molar-refractivity contribution is 5.78. The molecule has 2 fully saturated rings. The minimum absolute atomic E-state index is 0.236. The minimum Gasteiger partial charge on any atom is -0.506 e. The summed E-state index contributed by atoms with van der Waals surface area (Å²) in [6.45, 7) is 8.27. The Morgan fingerprint density at radius 2 is 1.38 bits per heavy atom. The standard InChI is InChI=1S/C23H30N4O2/c28-22-9-5-4-8-21(22)26-14-10-25(11-15-26)19-23(29)27-16-12-24(13-17-27)18-20-6-2-1-3-7-20/h1-9,28H,10-19H2. The van der Waals surface area contributed by atoms with Crippen LogP contribution >= 0.6 is 0 Å². The van der Waals surface area contributed by atoms with E-state index in [0.717, 1.165) is 64.6 Å². The van der Waals surface area contributed by atoms with Gasteiger partial charge in [0.2, 0.25) is 5.91 Å². The van der Waals surface area contributed by atoms with Crippen LogP contribution in [0.2, 0.25) is 0 Å². The fourth-order valence-corrected chi connectivity index (χ4v) is 4.17. The lowest BCUT2D eigenvalue weighted by molar-refractivity contribution is -0.134. The van der Waals surface area contributed by atoms with Crippen LogP contribution in [0.3, 0.4) is 0 Å². The van der Waals surface area contributed by atoms with Crippen molar-refractivity contribution in [3.05, 3.63) is 60.2 Å². The SMILES string of the molecule is O=C(CN1CCN(c2ccccc2O)CC1)N1CCN(Cc2ccccc2)CC1. The van der Waals surface area contributed by atoms with Crippen LogP contribution in [0.1, 0.15) is 5.56 Å². The molecule has 0 radical (unpaired) electrons. The summed E-state index contributed by atoms with van der Waals surface area (Å²) in [5, 5.41) is 10.0. The molecule has 0 atom stereocenters. The van der Waals surface area contributed by atoms with Gasteiger partial charge in [0.05, 0.1) is 12.2 Å². The van der Waals surface area contributed by atoms with Gasteiger partial charge >= 0.3 is 0 Å². The van der Waals surface area contributed by atoms with Gasteiger partial charge in [-0.3, -0.25) is 14.6 Å². The van der Waals surface area contributed by atoms with Crippen LogP contribution in [-0.2, 0) is 11.3 Å². The summed E-state index contributed by atoms with van der Waals surface area (Å²) >= 11 is 0. The summed E-state index contributed by atoms with van der Waals surface area (Å²) in [5.74, 6) is 0.561. The van der Waals surface area contributed by atoms with E-state index in [1.54, 1.807) is 6.07 Å². The van der Waals surface area contributed by atoms with Gasteiger partial charge in [-0.15, -0.1) is 0 Å². The molecule has 2 aromatic rings. The number of phenols is 1. The Kier molecular flexibility index (Phi) is 6.32. The highest BCUT2D eigenvalue weighted by atomic mass is 16.3. The number of nitrogens with zero attached hydrogens (tertiary/aromatic N) is 4. The maximum atomic E-state index is 12.7. The molecule has 1 amide bonds. The smallest absolute Gasteiger partial charge is 0.236 e. The first-order chi connectivity index (χ1) is 14.2. The monoisotopic (exact) mass is 394 g/mol. The summed E-state index contributed by atoms with van der Waals surface area (Å²) in [6, 6.07) is 18.0. The van der Waals surface area contributed by atoms with Gasteiger partial charge in [-0.05, 0) is 17.7 Å². The average Bonchev–Trinajstić information content (AvgIpc) is 2.76. The van der Waals surface area contributed by atoms with Crippen molar-refractivity contribution in [2.75, 3.05) is 63.8 Å². The highest BCUT2D eigenvalue weighted by Crippen LogP contribution is 2.27. The number of aromatic hydroxyl groups is 1. The van der Waals surface area contributed by atoms with Gasteiger partial charge in [-0.1, -0.05) is 42.5 Å². The lowest BCUT2D eigenvalue weighted by atomic mass is 10.2. The number of phenolic OH excluding ortho intramolecular Hbond substituents is 1. The quantitative estimate of drug-likeness (QED) is 0.839. The van der Waals surface area contributed by atoms with Gasteiger partial charge in [0, 0.05) is 58.9 Å². The van der Waals surface area contributed by atoms with Crippen molar-refractivity contribution in [3.8, 4) is 5.75 Å². The maximum Gasteiger partial charge on any atom is 0.236 e. The van der Waals surface area contributed by atoms with Crippen molar-refractivity contribution >= 4 is 11.6 Å². The molecule has 2 saturated heterocycles. The van der Waals surface area contributed by atoms with E-state index >= 15 is 0 Å². The molecular formula is C23H30N4O2. The predicted molar refractivity (Wildman–Crippen MR) is 115 cm³/mol. The molecule has 0 saturated carbocycles. The summed E-state index contributed by atoms with van der Waals surface area (Å²) in [6.07, 6.45) is 0. The first kappa shape index (κ1) is 19.7. The van der Waals surface area contributed by atoms with Crippen molar-refractivity contribution in [1.82, 2.24) is 14.7 Å². The van der Waals surface area contributed by atoms with Crippen LogP contribution in [0.5, 0.6) is 5.75 Å². The molecule has 0 aliphatic carbocycles. The zero-order valence-electron chi connectivity index (χ0n) is 16.9. The van der Waals surface area contributed by atoms with Gasteiger partial charge in [0.25, 0.3) is 0 Å². The third-order valence-corrected chi connectivity index (χ3v) is 5.93. The highest BCUT2D eigenvalue weighted by Gasteiger charge is 2.25. The Morgan fingerprint density at radius 1 is 0.759 bits per heavy atom. The molecule has 2 aliphatic heterocycles. The fraction of sp³-hybridized carbons (Fsp3) is 0.435. The first-order valence-corrected chi connectivity index (χ1v) is 10.5. The predicted octanol–water partition coefficient (Wildman–Crippen LogP) is 1.86. The third kappa shape index (κ3) is 5.08. The first-order valence-electron chi connectivity index (χ1n) is 10.5. The van der Waals surface area contributed by atoms with Crippen molar-refractivity contribution in [1.29, 1.82) is 0 Å². The van der Waals surface area contributed by atoms with Crippen LogP contribution in [0, 0.1) is 0 Å². The largest absolute Gasteiger partial charge is 0.506 e. The summed E-state index contributed by atoms with van der Waals surface area (Å²) in [4.78, 5) is 21.6. The summed E-state index contributed by atoms with van der Waals surface area (Å²) < 4.78 is 0. The van der Waals surface area contributed by atoms with Crippen LogP contribution in [0.15, 0.2) is 54.6 Å². The molecule has 4 rings (SSSR count). The molecule has 0 spiro atoms. The lowest BCUT2D eigenvalue weighted by Gasteiger charge is -2.38. The maximum absolute atomic E-state index is 12.7. The normalized spacial score (nSPS) is 18.8. The van der Waals surface area contributed by atoms with E-state index in [4.69, 9.17) is 0 Å². The number of carbonyl (C=O) groups excluding carboxylic acids is 1. The minimum atomic E-state index is 0.236. The molecule has 0 bridgehead atoms. The van der Waals surface area contributed by atoms with E-state index in [0.29, 0.717) is 12.3 Å². The van der Waals surface area contributed by atoms with Crippen LogP contribution in [-0.4, -0.2) is 84.6 Å². The number of piperazine rings is 2. The summed E-state index contributed by atoms with van der Waals surface area (Å²) in [7, 11) is 0. The van der Waals surface area contributed by atoms with Gasteiger partial charge in [0.1, 0.15) is 5.75 Å². The molecule has 2 aliphatic rings. The molecule has 6 nitrogen and oxygen atoms in total. The second-order valence-corrected chi connectivity index (χ2v) is 7.89. The van der Waals surface area contributed by atoms with Crippen molar-refractivity contribution in [2.45, 2.75) is 6.54 Å². The van der Waals surface area contributed by atoms with E-state index in [9.17, 15) is 9.90 Å². The zero-order valence-corrected chi connectivity index (χ0v) is 16.9. The van der Waals surface area contributed by atoms with E-state index < -0.39 is 0 Å². The lowest BCUT2D eigenvalue weighted by Crippen LogP contribution is -2.53. The number of benzene rings is 2. The molecule has 2 aromatic carbocycles. The third-order valence-electron chi connectivity index (χ3n) is 5.93. The van der Waals surface area contributed by atoms with E-state index in [2.05, 4.69) is 39.0 Å². The number of amides is 1. The van der Waals surface area contributed by atoms with Gasteiger partial charge in [-0.2, -0.15) is 0 Å². The van der Waals surface area contributed by atoms with E-state index in [1.165, 1.54) is 5.56 Å². The molecular weight excluding hydrogens is 364 g/mol. The Labute approximate surface area is 172 Å². The molecule has 0 aromatic heterocycles. The Hall–Kier alpha value is -2.57. The van der Waals surface area contributed by atoms with Gasteiger partial charge in [-0.25, -0.2) is 0 Å². The van der Waals surface area contributed by atoms with Gasteiger partial charge < -0.3 is 14.9 Å². The number of para-hydroxylation sites is 2. The summed E-state index contributed by atoms with van der Waals surface area (Å²) in [5.41, 5.74) is 2.21. The Bertz CT molecular complexity index is 798. The fourth-order valence-electron chi connectivity index (χ4n) is 4.17. The van der Waals surface area contributed by atoms with Crippen molar-refractivity contribution < 1.29 is 9.90 Å². The molecule has 154 valence electrons. The molecule has 2 heterocycles. The van der Waals surface area contributed by atoms with E-state index in [1.807, 2.05) is 29.2 Å². The molecule has 6 heteroatoms. The van der Waals surface area contributed by atoms with Crippen LogP contribution in [0.4, 0.5) is 5.69 Å². The number of anilines is 1. The zero-order chi connectivity index (χ0) is 20.1. The molecule has 29 heavy (non-hydrogen) atoms. The Balaban J connectivity index is 1.20. The van der Waals surface area contributed by atoms with Crippen LogP contribution < -0.4 is 4.90 Å². The number of hydrogen-bond donors (Lipinski definition) is 1. The number of hydrogen-bond acceptors (Lipinski definition) is 5. The number of carbonyl (C=O) groups is 1. The molecule has 1 N–H and O–H groups in total. The van der Waals surface area contributed by atoms with Crippen molar-refractivity contribution in [3.63, 3.8) is 0 Å². The van der Waals surface area contributed by atoms with Crippen molar-refractivity contribution in [2.24, 2.45) is 0 Å². The second kappa shape index (κ2) is 9.29. The van der Waals surface area contributed by atoms with E-state index in [-0.39, 0.29) is 5.91 Å². The Morgan fingerprint density at radius 3 is 2.07 bits per heavy atom. The second-order valence-electron chi connectivity index (χ2n) is 7.89. The topological polar surface area (TPSA) is 50.3 Å².